The van der Waals surface area contributed by atoms with E-state index in [4.69, 9.17) is 16.3 Å². The molecule has 0 fully saturated rings. The molecule has 0 aliphatic carbocycles. The predicted octanol–water partition coefficient (Wildman–Crippen LogP) is 5.32. The summed E-state index contributed by atoms with van der Waals surface area (Å²) in [5.74, 6) is -0.477. The molecule has 0 spiro atoms. The van der Waals surface area contributed by atoms with Crippen LogP contribution in [0.15, 0.2) is 60.7 Å². The van der Waals surface area contributed by atoms with E-state index in [1.165, 1.54) is 12.1 Å². The molecule has 0 aliphatic heterocycles. The molecule has 6 nitrogen and oxygen atoms in total. The fourth-order valence-corrected chi connectivity index (χ4v) is 3.06. The maximum Gasteiger partial charge on any atom is 0.265 e. The number of amides is 2. The van der Waals surface area contributed by atoms with Gasteiger partial charge in [-0.2, -0.15) is 0 Å². The highest BCUT2D eigenvalue weighted by molar-refractivity contribution is 6.34. The summed E-state index contributed by atoms with van der Waals surface area (Å²) in [6.07, 6.45) is -0.790. The lowest BCUT2D eigenvalue weighted by atomic mass is 10.1. The van der Waals surface area contributed by atoms with Crippen LogP contribution in [-0.2, 0) is 4.79 Å². The van der Waals surface area contributed by atoms with Crippen LogP contribution in [0.25, 0.3) is 0 Å². The first-order valence-electron chi connectivity index (χ1n) is 9.67. The molecule has 3 aromatic rings. The molecule has 3 N–H and O–H groups in total. The van der Waals surface area contributed by atoms with Crippen molar-refractivity contribution in [1.82, 2.24) is 0 Å². The molecule has 3 rings (SSSR count). The number of carbonyl (C=O) groups is 2. The van der Waals surface area contributed by atoms with E-state index in [2.05, 4.69) is 10.6 Å². The van der Waals surface area contributed by atoms with Crippen LogP contribution in [0.1, 0.15) is 28.4 Å². The second kappa shape index (κ2) is 9.53. The Balaban J connectivity index is 1.68. The molecule has 31 heavy (non-hydrogen) atoms. The van der Waals surface area contributed by atoms with Gasteiger partial charge in [-0.3, -0.25) is 9.59 Å². The van der Waals surface area contributed by atoms with Gasteiger partial charge in [0.1, 0.15) is 11.5 Å². The Morgan fingerprint density at radius 1 is 0.935 bits per heavy atom. The molecule has 3 aromatic carbocycles. The summed E-state index contributed by atoms with van der Waals surface area (Å²) in [5, 5.41) is 15.7. The molecule has 0 radical (unpaired) electrons. The number of benzene rings is 3. The minimum absolute atomic E-state index is 0.137. The van der Waals surface area contributed by atoms with Crippen LogP contribution in [-0.4, -0.2) is 23.0 Å². The van der Waals surface area contributed by atoms with E-state index in [-0.39, 0.29) is 28.1 Å². The highest BCUT2D eigenvalue weighted by Gasteiger charge is 2.18. The average Bonchev–Trinajstić information content (AvgIpc) is 2.73. The fourth-order valence-electron chi connectivity index (χ4n) is 2.85. The number of aryl methyl sites for hydroxylation is 2. The third kappa shape index (κ3) is 5.77. The highest BCUT2D eigenvalue weighted by atomic mass is 35.5. The van der Waals surface area contributed by atoms with Gasteiger partial charge in [-0.25, -0.2) is 0 Å². The Morgan fingerprint density at radius 3 is 2.32 bits per heavy atom. The quantitative estimate of drug-likeness (QED) is 0.454. The van der Waals surface area contributed by atoms with E-state index in [0.29, 0.717) is 11.3 Å². The van der Waals surface area contributed by atoms with Crippen molar-refractivity contribution in [1.29, 1.82) is 0 Å². The summed E-state index contributed by atoms with van der Waals surface area (Å²) >= 11 is 6.26. The molecule has 7 heteroatoms. The van der Waals surface area contributed by atoms with Gasteiger partial charge in [0, 0.05) is 11.6 Å². The van der Waals surface area contributed by atoms with Crippen LogP contribution in [0, 0.1) is 13.8 Å². The standard InChI is InChI=1S/C24H23ClN2O4/c1-14-7-9-18(10-8-14)31-16(3)23(29)26-20-13-22(28)21(12-19(20)25)27-24(30)17-6-4-5-15(2)11-17/h4-13,16,28H,1-3H3,(H,26,29)(H,27,30). The largest absolute Gasteiger partial charge is 0.506 e. The lowest BCUT2D eigenvalue weighted by Gasteiger charge is -2.16. The summed E-state index contributed by atoms with van der Waals surface area (Å²) in [6, 6.07) is 17.1. The van der Waals surface area contributed by atoms with Crippen molar-refractivity contribution in [3.63, 3.8) is 0 Å². The summed E-state index contributed by atoms with van der Waals surface area (Å²) in [5.41, 5.74) is 2.82. The van der Waals surface area contributed by atoms with Crippen LogP contribution in [0.2, 0.25) is 5.02 Å². The van der Waals surface area contributed by atoms with Gasteiger partial charge in [-0.1, -0.05) is 47.0 Å². The van der Waals surface area contributed by atoms with Gasteiger partial charge in [0.05, 0.1) is 16.4 Å². The van der Waals surface area contributed by atoms with Crippen molar-refractivity contribution in [2.45, 2.75) is 26.9 Å². The number of hydrogen-bond acceptors (Lipinski definition) is 4. The number of aromatic hydroxyl groups is 1. The van der Waals surface area contributed by atoms with Gasteiger partial charge in [-0.15, -0.1) is 0 Å². The van der Waals surface area contributed by atoms with Crippen molar-refractivity contribution < 1.29 is 19.4 Å². The average molecular weight is 439 g/mol. The van der Waals surface area contributed by atoms with Crippen molar-refractivity contribution in [2.24, 2.45) is 0 Å². The molecule has 0 aromatic heterocycles. The Bertz CT molecular complexity index is 1110. The monoisotopic (exact) mass is 438 g/mol. The summed E-state index contributed by atoms with van der Waals surface area (Å²) in [4.78, 5) is 24.9. The first-order chi connectivity index (χ1) is 14.7. The number of halogens is 1. The molecule has 0 aliphatic rings. The molecule has 0 saturated carbocycles. The highest BCUT2D eigenvalue weighted by Crippen LogP contribution is 2.34. The number of carbonyl (C=O) groups excluding carboxylic acids is 2. The number of hydrogen-bond donors (Lipinski definition) is 3. The van der Waals surface area contributed by atoms with E-state index in [9.17, 15) is 14.7 Å². The van der Waals surface area contributed by atoms with Gasteiger partial charge in [0.25, 0.3) is 11.8 Å². The molecule has 1 unspecified atom stereocenters. The normalized spacial score (nSPS) is 11.5. The molecule has 2 amide bonds. The molecule has 0 bridgehead atoms. The zero-order valence-corrected chi connectivity index (χ0v) is 18.2. The molecular formula is C24H23ClN2O4. The summed E-state index contributed by atoms with van der Waals surface area (Å²) in [7, 11) is 0. The van der Waals surface area contributed by atoms with Gasteiger partial charge >= 0.3 is 0 Å². The van der Waals surface area contributed by atoms with Gasteiger partial charge in [0.15, 0.2) is 6.10 Å². The number of anilines is 2. The zero-order valence-electron chi connectivity index (χ0n) is 17.4. The third-order valence-corrected chi connectivity index (χ3v) is 4.89. The molecular weight excluding hydrogens is 416 g/mol. The second-order valence-corrected chi connectivity index (χ2v) is 7.64. The van der Waals surface area contributed by atoms with E-state index >= 15 is 0 Å². The SMILES string of the molecule is Cc1ccc(OC(C)C(=O)Nc2cc(O)c(NC(=O)c3cccc(C)c3)cc2Cl)cc1. The van der Waals surface area contributed by atoms with Crippen LogP contribution in [0.4, 0.5) is 11.4 Å². The first-order valence-corrected chi connectivity index (χ1v) is 10.1. The van der Waals surface area contributed by atoms with Crippen molar-refractivity contribution in [2.75, 3.05) is 10.6 Å². The predicted molar refractivity (Wildman–Crippen MR) is 122 cm³/mol. The van der Waals surface area contributed by atoms with Crippen molar-refractivity contribution in [3.8, 4) is 11.5 Å². The van der Waals surface area contributed by atoms with Crippen LogP contribution in [0.5, 0.6) is 11.5 Å². The summed E-state index contributed by atoms with van der Waals surface area (Å²) < 4.78 is 5.63. The lowest BCUT2D eigenvalue weighted by molar-refractivity contribution is -0.122. The smallest absolute Gasteiger partial charge is 0.265 e. The Labute approximate surface area is 185 Å². The Hall–Kier alpha value is -3.51. The third-order valence-electron chi connectivity index (χ3n) is 4.57. The molecule has 0 saturated heterocycles. The number of ether oxygens (including phenoxy) is 1. The molecule has 1 atom stereocenters. The lowest BCUT2D eigenvalue weighted by Crippen LogP contribution is -2.30. The number of phenols is 1. The van der Waals surface area contributed by atoms with Crippen LogP contribution >= 0.6 is 11.6 Å². The molecule has 160 valence electrons. The number of rotatable bonds is 6. The Kier molecular flexibility index (Phi) is 6.82. The van der Waals surface area contributed by atoms with Gasteiger partial charge < -0.3 is 20.5 Å². The molecule has 0 heterocycles. The number of nitrogens with one attached hydrogen (secondary N) is 2. The van der Waals surface area contributed by atoms with Gasteiger partial charge in [-0.05, 0) is 51.1 Å². The van der Waals surface area contributed by atoms with Gasteiger partial charge in [0.2, 0.25) is 0 Å². The summed E-state index contributed by atoms with van der Waals surface area (Å²) in [6.45, 7) is 5.45. The minimum atomic E-state index is -0.790. The maximum atomic E-state index is 12.5. The first kappa shape index (κ1) is 22.2. The van der Waals surface area contributed by atoms with Crippen LogP contribution in [0.3, 0.4) is 0 Å². The second-order valence-electron chi connectivity index (χ2n) is 7.24. The van der Waals surface area contributed by atoms with E-state index < -0.39 is 12.0 Å². The zero-order chi connectivity index (χ0) is 22.5. The van der Waals surface area contributed by atoms with Crippen molar-refractivity contribution >= 4 is 34.8 Å². The minimum Gasteiger partial charge on any atom is -0.506 e. The Morgan fingerprint density at radius 2 is 1.65 bits per heavy atom. The van der Waals surface area contributed by atoms with Crippen LogP contribution < -0.4 is 15.4 Å². The van der Waals surface area contributed by atoms with E-state index in [1.54, 1.807) is 37.3 Å². The van der Waals surface area contributed by atoms with Crippen molar-refractivity contribution in [3.05, 3.63) is 82.4 Å². The van der Waals surface area contributed by atoms with E-state index in [0.717, 1.165) is 11.1 Å². The topological polar surface area (TPSA) is 87.7 Å². The maximum absolute atomic E-state index is 12.5. The van der Waals surface area contributed by atoms with E-state index in [1.807, 2.05) is 32.0 Å². The number of phenolic OH excluding ortho intramolecular Hbond substituents is 1. The fraction of sp³-hybridized carbons (Fsp3) is 0.167.